The quantitative estimate of drug-likeness (QED) is 0.852. The van der Waals surface area contributed by atoms with Crippen LogP contribution in [-0.4, -0.2) is 34.8 Å². The van der Waals surface area contributed by atoms with E-state index in [1.807, 2.05) is 6.92 Å². The number of aryl methyl sites for hydroxylation is 1. The van der Waals surface area contributed by atoms with Crippen molar-refractivity contribution in [1.82, 2.24) is 9.97 Å². The van der Waals surface area contributed by atoms with E-state index >= 15 is 0 Å². The van der Waals surface area contributed by atoms with Crippen molar-refractivity contribution in [2.45, 2.75) is 33.1 Å². The van der Waals surface area contributed by atoms with Gasteiger partial charge in [0.25, 0.3) is 0 Å². The SMILES string of the molecule is CCCc1nc(Cl)c(C)c(N2CCC(CO)C2)n1. The van der Waals surface area contributed by atoms with E-state index in [4.69, 9.17) is 11.6 Å². The summed E-state index contributed by atoms with van der Waals surface area (Å²) < 4.78 is 0. The van der Waals surface area contributed by atoms with Crippen LogP contribution in [0.3, 0.4) is 0 Å². The van der Waals surface area contributed by atoms with Gasteiger partial charge in [-0.3, -0.25) is 0 Å². The molecule has 18 heavy (non-hydrogen) atoms. The van der Waals surface area contributed by atoms with Gasteiger partial charge in [0.2, 0.25) is 0 Å². The lowest BCUT2D eigenvalue weighted by Crippen LogP contribution is -2.23. The number of halogens is 1. The number of anilines is 1. The highest BCUT2D eigenvalue weighted by atomic mass is 35.5. The number of rotatable bonds is 4. The van der Waals surface area contributed by atoms with Crippen molar-refractivity contribution in [3.63, 3.8) is 0 Å². The zero-order valence-electron chi connectivity index (χ0n) is 11.0. The molecule has 0 aromatic carbocycles. The number of nitrogens with zero attached hydrogens (tertiary/aromatic N) is 3. The van der Waals surface area contributed by atoms with Crippen LogP contribution in [0.4, 0.5) is 5.82 Å². The highest BCUT2D eigenvalue weighted by Crippen LogP contribution is 2.28. The number of aliphatic hydroxyl groups is 1. The molecule has 1 atom stereocenters. The molecule has 0 amide bonds. The van der Waals surface area contributed by atoms with Crippen molar-refractivity contribution in [1.29, 1.82) is 0 Å². The number of hydrogen-bond acceptors (Lipinski definition) is 4. The molecule has 0 spiro atoms. The van der Waals surface area contributed by atoms with Gasteiger partial charge in [0, 0.05) is 37.6 Å². The summed E-state index contributed by atoms with van der Waals surface area (Å²) in [5.74, 6) is 2.11. The first-order valence-corrected chi connectivity index (χ1v) is 6.92. The van der Waals surface area contributed by atoms with Gasteiger partial charge in [0.05, 0.1) is 0 Å². The van der Waals surface area contributed by atoms with Crippen molar-refractivity contribution in [2.75, 3.05) is 24.6 Å². The Bertz CT molecular complexity index is 425. The van der Waals surface area contributed by atoms with Crippen LogP contribution in [0.5, 0.6) is 0 Å². The molecule has 4 nitrogen and oxygen atoms in total. The second-order valence-electron chi connectivity index (χ2n) is 4.91. The first-order chi connectivity index (χ1) is 8.65. The largest absolute Gasteiger partial charge is 0.396 e. The fraction of sp³-hybridized carbons (Fsp3) is 0.692. The van der Waals surface area contributed by atoms with Crippen molar-refractivity contribution < 1.29 is 5.11 Å². The van der Waals surface area contributed by atoms with Gasteiger partial charge in [-0.15, -0.1) is 0 Å². The zero-order valence-corrected chi connectivity index (χ0v) is 11.7. The van der Waals surface area contributed by atoms with Gasteiger partial charge in [-0.05, 0) is 19.8 Å². The molecule has 0 radical (unpaired) electrons. The second-order valence-corrected chi connectivity index (χ2v) is 5.27. The third-order valence-corrected chi connectivity index (χ3v) is 3.79. The lowest BCUT2D eigenvalue weighted by molar-refractivity contribution is 0.238. The average Bonchev–Trinajstić information content (AvgIpc) is 2.82. The smallest absolute Gasteiger partial charge is 0.137 e. The molecule has 1 aromatic rings. The molecule has 2 rings (SSSR count). The van der Waals surface area contributed by atoms with Crippen molar-refractivity contribution >= 4 is 17.4 Å². The average molecular weight is 270 g/mol. The Morgan fingerprint density at radius 1 is 1.44 bits per heavy atom. The normalized spacial score (nSPS) is 19.6. The summed E-state index contributed by atoms with van der Waals surface area (Å²) >= 11 is 6.18. The van der Waals surface area contributed by atoms with Gasteiger partial charge in [-0.1, -0.05) is 18.5 Å². The third kappa shape index (κ3) is 2.75. The molecule has 1 unspecified atom stereocenters. The van der Waals surface area contributed by atoms with E-state index < -0.39 is 0 Å². The second kappa shape index (κ2) is 5.85. The Balaban J connectivity index is 2.26. The standard InChI is InChI=1S/C13H20ClN3O/c1-3-4-11-15-12(14)9(2)13(16-11)17-6-5-10(7-17)8-18/h10,18H,3-8H2,1-2H3. The van der Waals surface area contributed by atoms with Gasteiger partial charge < -0.3 is 10.0 Å². The van der Waals surface area contributed by atoms with Crippen molar-refractivity contribution in [3.8, 4) is 0 Å². The molecule has 1 N–H and O–H groups in total. The summed E-state index contributed by atoms with van der Waals surface area (Å²) in [5, 5.41) is 9.76. The van der Waals surface area contributed by atoms with E-state index in [0.717, 1.165) is 49.6 Å². The third-order valence-electron chi connectivity index (χ3n) is 3.42. The maximum absolute atomic E-state index is 9.21. The molecule has 2 heterocycles. The topological polar surface area (TPSA) is 49.2 Å². The zero-order chi connectivity index (χ0) is 13.1. The summed E-state index contributed by atoms with van der Waals surface area (Å²) in [7, 11) is 0. The van der Waals surface area contributed by atoms with Gasteiger partial charge in [0.15, 0.2) is 0 Å². The van der Waals surface area contributed by atoms with Crippen LogP contribution in [0.15, 0.2) is 0 Å². The first-order valence-electron chi connectivity index (χ1n) is 6.54. The minimum absolute atomic E-state index is 0.246. The van der Waals surface area contributed by atoms with Crippen LogP contribution >= 0.6 is 11.6 Å². The molecule has 1 saturated heterocycles. The Morgan fingerprint density at radius 3 is 2.83 bits per heavy atom. The molecule has 0 aliphatic carbocycles. The minimum Gasteiger partial charge on any atom is -0.396 e. The summed E-state index contributed by atoms with van der Waals surface area (Å²) in [4.78, 5) is 11.1. The predicted octanol–water partition coefficient (Wildman–Crippen LogP) is 2.21. The molecular formula is C13H20ClN3O. The molecule has 5 heteroatoms. The van der Waals surface area contributed by atoms with E-state index in [9.17, 15) is 5.11 Å². The molecule has 1 aromatic heterocycles. The lowest BCUT2D eigenvalue weighted by atomic mass is 10.1. The fourth-order valence-electron chi connectivity index (χ4n) is 2.34. The summed E-state index contributed by atoms with van der Waals surface area (Å²) in [6.07, 6.45) is 2.88. The fourth-order valence-corrected chi connectivity index (χ4v) is 2.52. The molecule has 1 aliphatic heterocycles. The summed E-state index contributed by atoms with van der Waals surface area (Å²) in [5.41, 5.74) is 0.940. The predicted molar refractivity (Wildman–Crippen MR) is 73.2 cm³/mol. The molecule has 0 bridgehead atoms. The van der Waals surface area contributed by atoms with E-state index in [2.05, 4.69) is 21.8 Å². The van der Waals surface area contributed by atoms with Crippen molar-refractivity contribution in [2.24, 2.45) is 5.92 Å². The van der Waals surface area contributed by atoms with Crippen LogP contribution in [0, 0.1) is 12.8 Å². The van der Waals surface area contributed by atoms with Gasteiger partial charge in [-0.25, -0.2) is 9.97 Å². The Morgan fingerprint density at radius 2 is 2.22 bits per heavy atom. The Kier molecular flexibility index (Phi) is 4.40. The minimum atomic E-state index is 0.246. The molecule has 1 aliphatic rings. The Hall–Kier alpha value is -0.870. The summed E-state index contributed by atoms with van der Waals surface area (Å²) in [6, 6.07) is 0. The monoisotopic (exact) mass is 269 g/mol. The van der Waals surface area contributed by atoms with E-state index in [1.54, 1.807) is 0 Å². The highest BCUT2D eigenvalue weighted by molar-refractivity contribution is 6.30. The van der Waals surface area contributed by atoms with Crippen molar-refractivity contribution in [3.05, 3.63) is 16.5 Å². The number of hydrogen-bond donors (Lipinski definition) is 1. The van der Waals surface area contributed by atoms with Crippen LogP contribution in [0.2, 0.25) is 5.15 Å². The molecule has 0 saturated carbocycles. The van der Waals surface area contributed by atoms with Gasteiger partial charge in [0.1, 0.15) is 16.8 Å². The summed E-state index contributed by atoms with van der Waals surface area (Å²) in [6.45, 7) is 6.10. The number of aromatic nitrogens is 2. The van der Waals surface area contributed by atoms with Crippen LogP contribution in [-0.2, 0) is 6.42 Å². The van der Waals surface area contributed by atoms with Gasteiger partial charge in [-0.2, -0.15) is 0 Å². The molecule has 100 valence electrons. The van der Waals surface area contributed by atoms with E-state index in [0.29, 0.717) is 11.1 Å². The van der Waals surface area contributed by atoms with E-state index in [-0.39, 0.29) is 6.61 Å². The van der Waals surface area contributed by atoms with Crippen LogP contribution < -0.4 is 4.90 Å². The maximum atomic E-state index is 9.21. The Labute approximate surface area is 113 Å². The molecule has 1 fully saturated rings. The maximum Gasteiger partial charge on any atom is 0.137 e. The van der Waals surface area contributed by atoms with Gasteiger partial charge >= 0.3 is 0 Å². The number of aliphatic hydroxyl groups excluding tert-OH is 1. The highest BCUT2D eigenvalue weighted by Gasteiger charge is 2.25. The lowest BCUT2D eigenvalue weighted by Gasteiger charge is -2.20. The van der Waals surface area contributed by atoms with Crippen LogP contribution in [0.1, 0.15) is 31.2 Å². The molecular weight excluding hydrogens is 250 g/mol. The first kappa shape index (κ1) is 13.6. The van der Waals surface area contributed by atoms with E-state index in [1.165, 1.54) is 0 Å². The van der Waals surface area contributed by atoms with Crippen LogP contribution in [0.25, 0.3) is 0 Å².